The molecule has 0 saturated carbocycles. The van der Waals surface area contributed by atoms with E-state index in [0.717, 1.165) is 6.07 Å². The maximum Gasteiger partial charge on any atom is 0.306 e. The van der Waals surface area contributed by atoms with Crippen LogP contribution in [-0.4, -0.2) is 89.7 Å². The number of fused-ring (bicyclic) bond motifs is 1. The van der Waals surface area contributed by atoms with Crippen LogP contribution < -0.4 is 0 Å². The Morgan fingerprint density at radius 2 is 1.63 bits per heavy atom. The highest BCUT2D eigenvalue weighted by molar-refractivity contribution is 5.76. The molecule has 6 atom stereocenters. The summed E-state index contributed by atoms with van der Waals surface area (Å²) in [6.07, 6.45) is -8.45. The van der Waals surface area contributed by atoms with Gasteiger partial charge in [0.15, 0.2) is 5.76 Å². The number of aliphatic hydroxyl groups is 4. The molecule has 0 aromatic heterocycles. The molecule has 4 rings (SSSR count). The second kappa shape index (κ2) is 11.1. The van der Waals surface area contributed by atoms with Gasteiger partial charge in [0.05, 0.1) is 24.5 Å². The summed E-state index contributed by atoms with van der Waals surface area (Å²) in [5.74, 6) is -2.31. The number of carbonyl (C=O) groups excluding carboxylic acids is 1. The predicted octanol–water partition coefficient (Wildman–Crippen LogP) is 0.373. The van der Waals surface area contributed by atoms with Crippen LogP contribution in [0.2, 0.25) is 0 Å². The lowest BCUT2D eigenvalue weighted by Gasteiger charge is -2.40. The van der Waals surface area contributed by atoms with Gasteiger partial charge in [-0.1, -0.05) is 0 Å². The summed E-state index contributed by atoms with van der Waals surface area (Å²) in [4.78, 5) is 22.4. The van der Waals surface area contributed by atoms with Crippen LogP contribution in [0, 0.1) is 0 Å². The molecular weight excluding hydrogens is 508 g/mol. The Kier molecular flexibility index (Phi) is 7.92. The van der Waals surface area contributed by atoms with Gasteiger partial charge in [-0.05, 0) is 24.3 Å². The van der Waals surface area contributed by atoms with E-state index in [4.69, 9.17) is 19.3 Å². The van der Waals surface area contributed by atoms with Crippen LogP contribution in [0.15, 0.2) is 42.2 Å². The Hall–Kier alpha value is -4.04. The summed E-state index contributed by atoms with van der Waals surface area (Å²) in [6, 6.07) is 8.38. The predicted molar refractivity (Wildman–Crippen MR) is 126 cm³/mol. The lowest BCUT2D eigenvalue weighted by molar-refractivity contribution is -0.296. The zero-order valence-corrected chi connectivity index (χ0v) is 19.7. The standard InChI is InChI=1S/C25H26O13/c26-12-3-1-11(2-4-12)24-17(9-14-15(28)7-13(27)8-16(14)36-24)37-25-23(34)22(33)21(32)18(38-25)10-35-20(31)6-5-19(29)30/h1-4,7-9,18,21-28,32-34H,5-6,10H2,(H,29,30)/p+1/t18-,21-,22+,23-,24?,25-/m1/s1. The summed E-state index contributed by atoms with van der Waals surface area (Å²) in [7, 11) is 0. The summed E-state index contributed by atoms with van der Waals surface area (Å²) >= 11 is 0. The first kappa shape index (κ1) is 27.0. The highest BCUT2D eigenvalue weighted by Gasteiger charge is 2.47. The molecule has 2 heterocycles. The fourth-order valence-corrected chi connectivity index (χ4v) is 4.02. The third kappa shape index (κ3) is 5.92. The molecule has 1 saturated heterocycles. The molecule has 0 aliphatic carbocycles. The van der Waals surface area contributed by atoms with Crippen LogP contribution in [0.1, 0.15) is 30.1 Å². The molecule has 0 spiro atoms. The van der Waals surface area contributed by atoms with Gasteiger partial charge < -0.3 is 54.7 Å². The van der Waals surface area contributed by atoms with Gasteiger partial charge in [0, 0.05) is 12.1 Å². The Morgan fingerprint density at radius 1 is 0.921 bits per heavy atom. The third-order valence-corrected chi connectivity index (χ3v) is 6.03. The number of hydrogen-bond acceptors (Lipinski definition) is 11. The number of aliphatic hydroxyl groups excluding tert-OH is 3. The van der Waals surface area contributed by atoms with Crippen molar-refractivity contribution in [2.45, 2.75) is 49.7 Å². The number of phenols is 3. The van der Waals surface area contributed by atoms with Gasteiger partial charge >= 0.3 is 11.9 Å². The van der Waals surface area contributed by atoms with E-state index in [9.17, 15) is 40.2 Å². The number of aromatic hydroxyl groups is 4. The summed E-state index contributed by atoms with van der Waals surface area (Å²) in [5.41, 5.74) is 0.722. The molecule has 1 fully saturated rings. The molecule has 204 valence electrons. The quantitative estimate of drug-likeness (QED) is 0.180. The van der Waals surface area contributed by atoms with E-state index in [2.05, 4.69) is 4.74 Å². The van der Waals surface area contributed by atoms with Crippen LogP contribution in [-0.2, 0) is 23.8 Å². The lowest BCUT2D eigenvalue weighted by Crippen LogP contribution is -2.59. The second-order valence-corrected chi connectivity index (χ2v) is 8.78. The summed E-state index contributed by atoms with van der Waals surface area (Å²) in [5, 5.41) is 69.8. The van der Waals surface area contributed by atoms with E-state index in [0.29, 0.717) is 5.56 Å². The number of carbonyl (C=O) groups is 2. The minimum atomic E-state index is -1.76. The molecule has 2 aromatic carbocycles. The second-order valence-electron chi connectivity index (χ2n) is 8.78. The molecule has 13 nitrogen and oxygen atoms in total. The van der Waals surface area contributed by atoms with Crippen molar-refractivity contribution in [2.75, 3.05) is 6.61 Å². The van der Waals surface area contributed by atoms with E-state index in [1.807, 2.05) is 0 Å². The van der Waals surface area contributed by atoms with Crippen molar-refractivity contribution in [1.29, 1.82) is 0 Å². The van der Waals surface area contributed by atoms with E-state index < -0.39 is 68.2 Å². The van der Waals surface area contributed by atoms with Crippen LogP contribution in [0.5, 0.6) is 23.0 Å². The Balaban J connectivity index is 1.58. The molecule has 0 radical (unpaired) electrons. The highest BCUT2D eigenvalue weighted by atomic mass is 16.7. The minimum Gasteiger partial charge on any atom is -0.571 e. The van der Waals surface area contributed by atoms with Crippen LogP contribution >= 0.6 is 0 Å². The third-order valence-electron chi connectivity index (χ3n) is 6.03. The van der Waals surface area contributed by atoms with Crippen LogP contribution in [0.25, 0.3) is 6.08 Å². The zero-order chi connectivity index (χ0) is 27.6. The number of esters is 1. The smallest absolute Gasteiger partial charge is 0.306 e. The molecule has 0 bridgehead atoms. The molecule has 8 N–H and O–H groups in total. The SMILES string of the molecule is O=C(O)CCC(=O)OC[C@H]1O[C@@H](OC2=Cc3c(O)cc(O)cc3[OH+]C2c2ccc(O)cc2)[C@H](O)[C@@H](O)[C@@H]1O. The lowest BCUT2D eigenvalue weighted by atomic mass is 9.98. The van der Waals surface area contributed by atoms with Crippen molar-refractivity contribution < 1.29 is 64.3 Å². The number of carboxylic acids is 1. The van der Waals surface area contributed by atoms with Crippen LogP contribution in [0.3, 0.4) is 0 Å². The molecule has 0 amide bonds. The summed E-state index contributed by atoms with van der Waals surface area (Å²) in [6.45, 7) is -0.559. The van der Waals surface area contributed by atoms with Crippen molar-refractivity contribution in [3.05, 3.63) is 53.3 Å². The van der Waals surface area contributed by atoms with Crippen molar-refractivity contribution in [3.8, 4) is 23.0 Å². The number of hydrogen-bond donors (Lipinski definition) is 7. The molecule has 2 aliphatic heterocycles. The Labute approximate surface area is 215 Å². The largest absolute Gasteiger partial charge is 0.571 e. The topological polar surface area (TPSA) is 216 Å². The van der Waals surface area contributed by atoms with Crippen molar-refractivity contribution >= 4 is 18.0 Å². The number of carboxylic acid groups (broad SMARTS) is 1. The summed E-state index contributed by atoms with van der Waals surface area (Å²) < 4.78 is 21.0. The fraction of sp³-hybridized carbons (Fsp3) is 0.360. The fourth-order valence-electron chi connectivity index (χ4n) is 4.02. The monoisotopic (exact) mass is 535 g/mol. The van der Waals surface area contributed by atoms with E-state index >= 15 is 0 Å². The maximum absolute atomic E-state index is 11.8. The first-order chi connectivity index (χ1) is 18.0. The zero-order valence-electron chi connectivity index (χ0n) is 19.7. The van der Waals surface area contributed by atoms with E-state index in [1.165, 1.54) is 24.3 Å². The first-order valence-electron chi connectivity index (χ1n) is 11.5. The average Bonchev–Trinajstić information content (AvgIpc) is 2.87. The van der Waals surface area contributed by atoms with E-state index in [1.54, 1.807) is 12.1 Å². The molecule has 1 unspecified atom stereocenters. The minimum absolute atomic E-state index is 0.00409. The molecule has 2 aromatic rings. The molecule has 2 aliphatic rings. The van der Waals surface area contributed by atoms with Gasteiger partial charge in [0.25, 0.3) is 11.9 Å². The Bertz CT molecular complexity index is 1210. The van der Waals surface area contributed by atoms with Crippen molar-refractivity contribution in [3.63, 3.8) is 0 Å². The van der Waals surface area contributed by atoms with Gasteiger partial charge in [-0.3, -0.25) is 9.59 Å². The molecule has 38 heavy (non-hydrogen) atoms. The van der Waals surface area contributed by atoms with Crippen LogP contribution in [0.4, 0.5) is 0 Å². The van der Waals surface area contributed by atoms with Gasteiger partial charge in [-0.15, -0.1) is 0 Å². The number of benzene rings is 2. The molecular formula is C25H27O13+. The van der Waals surface area contributed by atoms with Crippen molar-refractivity contribution in [2.24, 2.45) is 0 Å². The van der Waals surface area contributed by atoms with Gasteiger partial charge in [0.1, 0.15) is 53.8 Å². The Morgan fingerprint density at radius 3 is 2.32 bits per heavy atom. The van der Waals surface area contributed by atoms with E-state index in [-0.39, 0.29) is 34.3 Å². The molecule has 13 heteroatoms. The van der Waals surface area contributed by atoms with Crippen molar-refractivity contribution in [1.82, 2.24) is 0 Å². The first-order valence-corrected chi connectivity index (χ1v) is 11.5. The van der Waals surface area contributed by atoms with Gasteiger partial charge in [-0.2, -0.15) is 0 Å². The highest BCUT2D eigenvalue weighted by Crippen LogP contribution is 2.45. The van der Waals surface area contributed by atoms with Gasteiger partial charge in [0.2, 0.25) is 6.29 Å². The number of ether oxygens (including phenoxy) is 4. The normalized spacial score (nSPS) is 26.4. The average molecular weight is 535 g/mol. The van der Waals surface area contributed by atoms with Gasteiger partial charge in [-0.25, -0.2) is 0 Å². The number of aliphatic carboxylic acids is 1. The number of rotatable bonds is 8. The number of phenolic OH excluding ortho intramolecular Hbond substituents is 3. The maximum atomic E-state index is 11.8.